The van der Waals surface area contributed by atoms with Crippen LogP contribution in [0.25, 0.3) is 0 Å². The van der Waals surface area contributed by atoms with E-state index in [0.29, 0.717) is 41.2 Å². The maximum Gasteiger partial charge on any atom is 0.308 e. The summed E-state index contributed by atoms with van der Waals surface area (Å²) in [7, 11) is 4.59. The summed E-state index contributed by atoms with van der Waals surface area (Å²) in [6, 6.07) is 11.7. The van der Waals surface area contributed by atoms with Gasteiger partial charge in [-0.05, 0) is 43.2 Å². The second kappa shape index (κ2) is 10.1. The lowest BCUT2D eigenvalue weighted by Crippen LogP contribution is -2.53. The van der Waals surface area contributed by atoms with E-state index in [0.717, 1.165) is 0 Å². The Hall–Kier alpha value is -3.59. The Labute approximate surface area is 197 Å². The van der Waals surface area contributed by atoms with E-state index in [-0.39, 0.29) is 49.1 Å². The lowest BCUT2D eigenvalue weighted by atomic mass is 9.94. The minimum atomic E-state index is -0.365. The number of nitrogens with one attached hydrogen (secondary N) is 1. The highest BCUT2D eigenvalue weighted by atomic mass is 16.6. The Kier molecular flexibility index (Phi) is 7.02. The number of para-hydroxylation sites is 1. The lowest BCUT2D eigenvalue weighted by Gasteiger charge is -2.42. The van der Waals surface area contributed by atoms with Crippen LogP contribution < -0.4 is 14.8 Å². The lowest BCUT2D eigenvalue weighted by molar-refractivity contribution is -0.151. The van der Waals surface area contributed by atoms with Crippen LogP contribution in [-0.2, 0) is 14.3 Å². The van der Waals surface area contributed by atoms with Crippen molar-refractivity contribution in [3.63, 3.8) is 0 Å². The molecule has 0 saturated carbocycles. The Morgan fingerprint density at radius 1 is 1.15 bits per heavy atom. The summed E-state index contributed by atoms with van der Waals surface area (Å²) in [6.07, 6.45) is 0.846. The highest BCUT2D eigenvalue weighted by Gasteiger charge is 2.39. The monoisotopic (exact) mass is 468 g/mol. The first-order valence-electron chi connectivity index (χ1n) is 11.1. The van der Waals surface area contributed by atoms with Crippen LogP contribution in [0.4, 0.5) is 5.69 Å². The summed E-state index contributed by atoms with van der Waals surface area (Å²) < 4.78 is 22.1. The molecule has 0 aromatic heterocycles. The Morgan fingerprint density at radius 3 is 2.71 bits per heavy atom. The van der Waals surface area contributed by atoms with Crippen LogP contribution in [0.1, 0.15) is 40.0 Å². The summed E-state index contributed by atoms with van der Waals surface area (Å²) in [5.74, 6) is -0.0355. The summed E-state index contributed by atoms with van der Waals surface area (Å²) in [6.45, 7) is 0.236. The summed E-state index contributed by atoms with van der Waals surface area (Å²) in [4.78, 5) is 39.4. The number of methoxy groups -OCH3 is 2. The zero-order chi connectivity index (χ0) is 24.2. The van der Waals surface area contributed by atoms with Crippen LogP contribution in [-0.4, -0.2) is 68.8 Å². The van der Waals surface area contributed by atoms with Gasteiger partial charge in [0, 0.05) is 12.7 Å². The van der Waals surface area contributed by atoms with Crippen molar-refractivity contribution in [1.29, 1.82) is 0 Å². The van der Waals surface area contributed by atoms with Crippen LogP contribution in [0, 0.1) is 0 Å². The number of rotatable bonds is 5. The zero-order valence-corrected chi connectivity index (χ0v) is 19.4. The van der Waals surface area contributed by atoms with Gasteiger partial charge in [0.2, 0.25) is 0 Å². The molecule has 34 heavy (non-hydrogen) atoms. The van der Waals surface area contributed by atoms with Gasteiger partial charge in [0.1, 0.15) is 24.2 Å². The molecule has 2 aromatic rings. The number of benzene rings is 2. The molecule has 1 fully saturated rings. The fourth-order valence-corrected chi connectivity index (χ4v) is 4.41. The van der Waals surface area contributed by atoms with Gasteiger partial charge in [-0.15, -0.1) is 0 Å². The van der Waals surface area contributed by atoms with Crippen LogP contribution in [0.5, 0.6) is 11.5 Å². The molecule has 0 spiro atoms. The van der Waals surface area contributed by atoms with E-state index in [2.05, 4.69) is 5.32 Å². The van der Waals surface area contributed by atoms with Crippen molar-refractivity contribution in [1.82, 2.24) is 4.90 Å². The number of likely N-dealkylation sites (N-methyl/N-ethyl adjacent to an activating group) is 1. The fourth-order valence-electron chi connectivity index (χ4n) is 4.41. The van der Waals surface area contributed by atoms with E-state index in [9.17, 15) is 14.4 Å². The number of carbonyl (C=O) groups is 3. The Bertz CT molecular complexity index is 1090. The van der Waals surface area contributed by atoms with Gasteiger partial charge in [-0.1, -0.05) is 12.1 Å². The molecular formula is C25H28N2O7. The molecular weight excluding hydrogens is 440 g/mol. The van der Waals surface area contributed by atoms with Gasteiger partial charge in [-0.25, -0.2) is 0 Å². The number of nitrogens with zero attached hydrogens (tertiary/aromatic N) is 1. The average molecular weight is 469 g/mol. The number of ether oxygens (including phenoxy) is 4. The number of hydrogen-bond donors (Lipinski definition) is 1. The zero-order valence-electron chi connectivity index (χ0n) is 19.4. The second-order valence-electron chi connectivity index (χ2n) is 8.31. The number of esters is 1. The van der Waals surface area contributed by atoms with Gasteiger partial charge >= 0.3 is 5.97 Å². The van der Waals surface area contributed by atoms with Gasteiger partial charge in [0.05, 0.1) is 43.9 Å². The van der Waals surface area contributed by atoms with Crippen LogP contribution in [0.15, 0.2) is 42.5 Å². The van der Waals surface area contributed by atoms with E-state index < -0.39 is 0 Å². The van der Waals surface area contributed by atoms with Crippen molar-refractivity contribution in [3.05, 3.63) is 53.6 Å². The molecule has 1 saturated heterocycles. The van der Waals surface area contributed by atoms with E-state index in [1.165, 1.54) is 14.2 Å². The van der Waals surface area contributed by atoms with E-state index >= 15 is 0 Å². The van der Waals surface area contributed by atoms with Gasteiger partial charge in [0.25, 0.3) is 11.8 Å². The van der Waals surface area contributed by atoms with E-state index in [1.54, 1.807) is 54.4 Å². The maximum atomic E-state index is 13.3. The molecule has 2 aliphatic rings. The molecule has 0 aliphatic carbocycles. The highest BCUT2D eigenvalue weighted by Crippen LogP contribution is 2.33. The fraction of sp³-hybridized carbons (Fsp3) is 0.400. The summed E-state index contributed by atoms with van der Waals surface area (Å²) in [5, 5.41) is 2.83. The molecule has 2 aliphatic heterocycles. The van der Waals surface area contributed by atoms with Crippen molar-refractivity contribution in [2.45, 2.75) is 37.5 Å². The summed E-state index contributed by atoms with van der Waals surface area (Å²) in [5.41, 5.74) is 1.21. The Balaban J connectivity index is 1.53. The average Bonchev–Trinajstić information content (AvgIpc) is 2.86. The third-order valence-electron chi connectivity index (χ3n) is 6.24. The number of fused-ring (bicyclic) bond motifs is 2. The number of anilines is 1. The molecule has 9 nitrogen and oxygen atoms in total. The molecule has 1 N–H and O–H groups in total. The molecule has 4 rings (SSSR count). The first-order valence-corrected chi connectivity index (χ1v) is 11.1. The maximum absolute atomic E-state index is 13.3. The standard InChI is InChI=1S/C25H28N2O7/c1-27-19-10-9-16(13-23(28)32-3)34-22(19)14-33-21-11-8-15(12-18(21)25(27)30)26-24(29)17-6-4-5-7-20(17)31-2/h4-8,11-12,16,19,22H,9-10,13-14H2,1-3H3,(H,26,29)/t16-,19-,22-/m1/s1. The molecule has 2 amide bonds. The van der Waals surface area contributed by atoms with E-state index in [4.69, 9.17) is 18.9 Å². The number of amides is 2. The minimum Gasteiger partial charge on any atom is -0.496 e. The molecule has 0 unspecified atom stereocenters. The molecule has 3 atom stereocenters. The van der Waals surface area contributed by atoms with Crippen molar-refractivity contribution in [3.8, 4) is 11.5 Å². The SMILES string of the molecule is COC(=O)C[C@H]1CC[C@@H]2[C@@H](COc3ccc(NC(=O)c4ccccc4OC)cc3C(=O)N2C)O1. The van der Waals surface area contributed by atoms with Gasteiger partial charge in [-0.2, -0.15) is 0 Å². The molecule has 0 radical (unpaired) electrons. The van der Waals surface area contributed by atoms with Crippen LogP contribution in [0.2, 0.25) is 0 Å². The molecule has 180 valence electrons. The van der Waals surface area contributed by atoms with Crippen molar-refractivity contribution >= 4 is 23.5 Å². The second-order valence-corrected chi connectivity index (χ2v) is 8.31. The van der Waals surface area contributed by atoms with Crippen molar-refractivity contribution in [2.75, 3.05) is 33.2 Å². The normalized spacial score (nSPS) is 21.8. The molecule has 0 bridgehead atoms. The van der Waals surface area contributed by atoms with Crippen molar-refractivity contribution < 1.29 is 33.3 Å². The first-order chi connectivity index (χ1) is 16.4. The first kappa shape index (κ1) is 23.6. The van der Waals surface area contributed by atoms with Crippen molar-refractivity contribution in [2.24, 2.45) is 0 Å². The van der Waals surface area contributed by atoms with Crippen LogP contribution >= 0.6 is 0 Å². The van der Waals surface area contributed by atoms with Gasteiger partial charge < -0.3 is 29.2 Å². The molecule has 2 aromatic carbocycles. The van der Waals surface area contributed by atoms with Gasteiger partial charge in [-0.3, -0.25) is 14.4 Å². The minimum absolute atomic E-state index is 0.170. The third kappa shape index (κ3) is 4.84. The van der Waals surface area contributed by atoms with E-state index in [1.807, 2.05) is 0 Å². The number of carbonyl (C=O) groups excluding carboxylic acids is 3. The highest BCUT2D eigenvalue weighted by molar-refractivity contribution is 6.07. The topological polar surface area (TPSA) is 103 Å². The quantitative estimate of drug-likeness (QED) is 0.673. The summed E-state index contributed by atoms with van der Waals surface area (Å²) >= 11 is 0. The molecule has 2 heterocycles. The number of hydrogen-bond acceptors (Lipinski definition) is 7. The smallest absolute Gasteiger partial charge is 0.308 e. The molecule has 9 heteroatoms. The largest absolute Gasteiger partial charge is 0.496 e. The Morgan fingerprint density at radius 2 is 1.94 bits per heavy atom. The third-order valence-corrected chi connectivity index (χ3v) is 6.24. The van der Waals surface area contributed by atoms with Gasteiger partial charge in [0.15, 0.2) is 0 Å². The predicted octanol–water partition coefficient (Wildman–Crippen LogP) is 2.89. The predicted molar refractivity (Wildman–Crippen MR) is 123 cm³/mol. The van der Waals surface area contributed by atoms with Crippen LogP contribution in [0.3, 0.4) is 0 Å².